The smallest absolute Gasteiger partial charge is 0.242 e. The van der Waals surface area contributed by atoms with E-state index in [1.165, 1.54) is 11.8 Å². The number of rotatable bonds is 11. The maximum Gasteiger partial charge on any atom is 0.242 e. The van der Waals surface area contributed by atoms with E-state index in [0.717, 1.165) is 22.6 Å². The number of hydrogen-bond donors (Lipinski definition) is 1. The van der Waals surface area contributed by atoms with Crippen molar-refractivity contribution in [1.29, 1.82) is 0 Å². The molecule has 0 heterocycles. The molecule has 0 aliphatic carbocycles. The van der Waals surface area contributed by atoms with Crippen LogP contribution in [0.3, 0.4) is 0 Å². The molecule has 0 unspecified atom stereocenters. The predicted octanol–water partition coefficient (Wildman–Crippen LogP) is 3.49. The third-order valence-electron chi connectivity index (χ3n) is 4.66. The first-order chi connectivity index (χ1) is 14.5. The number of carbonyl (C=O) groups excluding carboxylic acids is 2. The molecule has 0 fully saturated rings. The first kappa shape index (κ1) is 23.6. The maximum absolute atomic E-state index is 13.0. The van der Waals surface area contributed by atoms with E-state index < -0.39 is 6.04 Å². The van der Waals surface area contributed by atoms with Crippen molar-refractivity contribution in [3.05, 3.63) is 59.7 Å². The number of nitrogens with zero attached hydrogens (tertiary/aromatic N) is 1. The average Bonchev–Trinajstić information content (AvgIpc) is 2.77. The molecular weight excluding hydrogens is 400 g/mol. The second-order valence-electron chi connectivity index (χ2n) is 6.78. The van der Waals surface area contributed by atoms with Gasteiger partial charge in [0.25, 0.3) is 0 Å². The predicted molar refractivity (Wildman–Crippen MR) is 121 cm³/mol. The van der Waals surface area contributed by atoms with Gasteiger partial charge in [0.1, 0.15) is 17.5 Å². The fourth-order valence-corrected chi connectivity index (χ4v) is 3.80. The minimum atomic E-state index is -0.565. The Balaban J connectivity index is 2.05. The van der Waals surface area contributed by atoms with Gasteiger partial charge < -0.3 is 19.7 Å². The number of methoxy groups -OCH3 is 2. The molecule has 0 aromatic heterocycles. The summed E-state index contributed by atoms with van der Waals surface area (Å²) in [6, 6.07) is 14.8. The Morgan fingerprint density at radius 3 is 2.37 bits per heavy atom. The van der Waals surface area contributed by atoms with E-state index in [1.807, 2.05) is 55.5 Å². The summed E-state index contributed by atoms with van der Waals surface area (Å²) in [6.45, 7) is 4.49. The topological polar surface area (TPSA) is 67.9 Å². The first-order valence-corrected chi connectivity index (χ1v) is 11.0. The SMILES string of the molecule is CCNC(=O)[C@@H](C)N(Cc1cccc(OC)c1)C(=O)CSCc1ccc(OC)cc1. The zero-order chi connectivity index (χ0) is 21.9. The van der Waals surface area contributed by atoms with Gasteiger partial charge in [0, 0.05) is 18.8 Å². The molecule has 0 aliphatic heterocycles. The van der Waals surface area contributed by atoms with Crippen molar-refractivity contribution in [2.24, 2.45) is 0 Å². The van der Waals surface area contributed by atoms with Crippen molar-refractivity contribution in [2.45, 2.75) is 32.2 Å². The van der Waals surface area contributed by atoms with Crippen LogP contribution in [0.25, 0.3) is 0 Å². The van der Waals surface area contributed by atoms with Gasteiger partial charge in [-0.2, -0.15) is 0 Å². The minimum absolute atomic E-state index is 0.0740. The molecule has 2 amide bonds. The molecule has 30 heavy (non-hydrogen) atoms. The van der Waals surface area contributed by atoms with Gasteiger partial charge in [-0.05, 0) is 49.2 Å². The number of likely N-dealkylation sites (N-methyl/N-ethyl adjacent to an activating group) is 1. The van der Waals surface area contributed by atoms with Gasteiger partial charge >= 0.3 is 0 Å². The van der Waals surface area contributed by atoms with E-state index in [2.05, 4.69) is 5.32 Å². The largest absolute Gasteiger partial charge is 0.497 e. The monoisotopic (exact) mass is 430 g/mol. The molecule has 0 bridgehead atoms. The van der Waals surface area contributed by atoms with Gasteiger partial charge in [-0.15, -0.1) is 11.8 Å². The van der Waals surface area contributed by atoms with Crippen LogP contribution in [0.1, 0.15) is 25.0 Å². The van der Waals surface area contributed by atoms with Crippen LogP contribution in [0, 0.1) is 0 Å². The lowest BCUT2D eigenvalue weighted by molar-refractivity contribution is -0.138. The Labute approximate surface area is 182 Å². The van der Waals surface area contributed by atoms with E-state index in [0.29, 0.717) is 24.6 Å². The number of amides is 2. The summed E-state index contributed by atoms with van der Waals surface area (Å²) in [5, 5.41) is 2.81. The highest BCUT2D eigenvalue weighted by atomic mass is 32.2. The Hall–Kier alpha value is -2.67. The molecule has 1 N–H and O–H groups in total. The minimum Gasteiger partial charge on any atom is -0.497 e. The fourth-order valence-electron chi connectivity index (χ4n) is 2.93. The third kappa shape index (κ3) is 6.99. The highest BCUT2D eigenvalue weighted by Gasteiger charge is 2.25. The second-order valence-corrected chi connectivity index (χ2v) is 7.77. The van der Waals surface area contributed by atoms with Crippen LogP contribution in [0.2, 0.25) is 0 Å². The van der Waals surface area contributed by atoms with Gasteiger partial charge in [-0.25, -0.2) is 0 Å². The number of nitrogens with one attached hydrogen (secondary N) is 1. The van der Waals surface area contributed by atoms with Gasteiger partial charge in [0.15, 0.2) is 0 Å². The van der Waals surface area contributed by atoms with Gasteiger partial charge in [-0.3, -0.25) is 9.59 Å². The van der Waals surface area contributed by atoms with Gasteiger partial charge in [0.2, 0.25) is 11.8 Å². The van der Waals surface area contributed by atoms with E-state index >= 15 is 0 Å². The standard InChI is InChI=1S/C23H30N2O4S/c1-5-24-23(27)17(2)25(14-19-7-6-8-21(13-19)29-4)22(26)16-30-15-18-9-11-20(28-3)12-10-18/h6-13,17H,5,14-16H2,1-4H3,(H,24,27)/t17-/m1/s1. The summed E-state index contributed by atoms with van der Waals surface area (Å²) in [7, 11) is 3.24. The van der Waals surface area contributed by atoms with Gasteiger partial charge in [-0.1, -0.05) is 24.3 Å². The Morgan fingerprint density at radius 1 is 1.03 bits per heavy atom. The molecule has 0 saturated heterocycles. The Bertz CT molecular complexity index is 826. The van der Waals surface area contributed by atoms with Crippen molar-refractivity contribution >= 4 is 23.6 Å². The quantitative estimate of drug-likeness (QED) is 0.591. The van der Waals surface area contributed by atoms with Crippen molar-refractivity contribution in [1.82, 2.24) is 10.2 Å². The summed E-state index contributed by atoms with van der Waals surface area (Å²) < 4.78 is 10.4. The van der Waals surface area contributed by atoms with Crippen molar-refractivity contribution < 1.29 is 19.1 Å². The molecule has 0 radical (unpaired) electrons. The maximum atomic E-state index is 13.0. The number of benzene rings is 2. The summed E-state index contributed by atoms with van der Waals surface area (Å²) in [5.41, 5.74) is 2.03. The summed E-state index contributed by atoms with van der Waals surface area (Å²) in [6.07, 6.45) is 0. The van der Waals surface area contributed by atoms with Crippen LogP contribution >= 0.6 is 11.8 Å². The van der Waals surface area contributed by atoms with Crippen LogP contribution in [0.4, 0.5) is 0 Å². The molecule has 2 rings (SSSR count). The molecule has 0 aliphatic rings. The zero-order valence-electron chi connectivity index (χ0n) is 18.0. The van der Waals surface area contributed by atoms with E-state index in [4.69, 9.17) is 9.47 Å². The summed E-state index contributed by atoms with van der Waals surface area (Å²) in [5.74, 6) is 2.29. The molecule has 162 valence electrons. The molecular formula is C23H30N2O4S. The van der Waals surface area contributed by atoms with E-state index in [9.17, 15) is 9.59 Å². The Morgan fingerprint density at radius 2 is 1.73 bits per heavy atom. The third-order valence-corrected chi connectivity index (χ3v) is 5.65. The lowest BCUT2D eigenvalue weighted by atomic mass is 10.1. The van der Waals surface area contributed by atoms with Gasteiger partial charge in [0.05, 0.1) is 20.0 Å². The molecule has 0 saturated carbocycles. The number of thioether (sulfide) groups is 1. The summed E-state index contributed by atoms with van der Waals surface area (Å²) in [4.78, 5) is 27.1. The first-order valence-electron chi connectivity index (χ1n) is 9.89. The molecule has 6 nitrogen and oxygen atoms in total. The highest BCUT2D eigenvalue weighted by Crippen LogP contribution is 2.19. The van der Waals surface area contributed by atoms with E-state index in [-0.39, 0.29) is 11.8 Å². The van der Waals surface area contributed by atoms with Crippen LogP contribution in [0.15, 0.2) is 48.5 Å². The normalized spacial score (nSPS) is 11.5. The number of ether oxygens (including phenoxy) is 2. The van der Waals surface area contributed by atoms with Crippen molar-refractivity contribution in [3.8, 4) is 11.5 Å². The summed E-state index contributed by atoms with van der Waals surface area (Å²) >= 11 is 1.53. The zero-order valence-corrected chi connectivity index (χ0v) is 18.8. The molecule has 7 heteroatoms. The Kier molecular flexibility index (Phi) is 9.54. The lowest BCUT2D eigenvalue weighted by Crippen LogP contribution is -2.48. The van der Waals surface area contributed by atoms with E-state index in [1.54, 1.807) is 26.0 Å². The highest BCUT2D eigenvalue weighted by molar-refractivity contribution is 7.99. The van der Waals surface area contributed by atoms with Crippen molar-refractivity contribution in [3.63, 3.8) is 0 Å². The molecule has 2 aromatic carbocycles. The number of hydrogen-bond acceptors (Lipinski definition) is 5. The van der Waals surface area contributed by atoms with Crippen LogP contribution < -0.4 is 14.8 Å². The fraction of sp³-hybridized carbons (Fsp3) is 0.391. The second kappa shape index (κ2) is 12.1. The molecule has 1 atom stereocenters. The lowest BCUT2D eigenvalue weighted by Gasteiger charge is -2.28. The number of carbonyl (C=O) groups is 2. The van der Waals surface area contributed by atoms with Crippen molar-refractivity contribution in [2.75, 3.05) is 26.5 Å². The molecule has 0 spiro atoms. The average molecular weight is 431 g/mol. The molecule has 2 aromatic rings. The van der Waals surface area contributed by atoms with Crippen LogP contribution in [0.5, 0.6) is 11.5 Å². The van der Waals surface area contributed by atoms with Crippen LogP contribution in [-0.4, -0.2) is 49.3 Å². The van der Waals surface area contributed by atoms with Crippen LogP contribution in [-0.2, 0) is 21.9 Å².